The molecule has 1 aromatic heterocycles. The molecule has 3 heterocycles. The van der Waals surface area contributed by atoms with E-state index in [1.165, 1.54) is 23.2 Å². The molecule has 0 unspecified atom stereocenters. The Morgan fingerprint density at radius 3 is 2.55 bits per heavy atom. The van der Waals surface area contributed by atoms with Crippen molar-refractivity contribution < 1.29 is 13.2 Å². The molecule has 0 radical (unpaired) electrons. The van der Waals surface area contributed by atoms with Crippen molar-refractivity contribution in [3.63, 3.8) is 0 Å². The molecular formula is C22H24ClN3O3S2. The smallest absolute Gasteiger partial charge is 0.279 e. The highest BCUT2D eigenvalue weighted by Crippen LogP contribution is 2.37. The molecule has 2 bridgehead atoms. The van der Waals surface area contributed by atoms with Gasteiger partial charge in [-0.2, -0.15) is 4.31 Å². The van der Waals surface area contributed by atoms with E-state index in [-0.39, 0.29) is 12.1 Å². The van der Waals surface area contributed by atoms with Crippen molar-refractivity contribution in [1.82, 2.24) is 14.6 Å². The fourth-order valence-corrected chi connectivity index (χ4v) is 7.38. The van der Waals surface area contributed by atoms with Gasteiger partial charge in [-0.1, -0.05) is 35.1 Å². The van der Waals surface area contributed by atoms with E-state index in [0.717, 1.165) is 48.2 Å². The molecule has 2 saturated heterocycles. The van der Waals surface area contributed by atoms with E-state index in [9.17, 15) is 8.42 Å². The molecule has 3 atom stereocenters. The normalized spacial score (nSPS) is 24.0. The molecule has 3 aromatic rings. The van der Waals surface area contributed by atoms with E-state index in [4.69, 9.17) is 16.3 Å². The summed E-state index contributed by atoms with van der Waals surface area (Å²) in [5.41, 5.74) is 2.04. The lowest BCUT2D eigenvalue weighted by atomic mass is 9.99. The first kappa shape index (κ1) is 21.2. The van der Waals surface area contributed by atoms with Gasteiger partial charge in [0.05, 0.1) is 16.5 Å². The molecule has 6 nitrogen and oxygen atoms in total. The minimum absolute atomic E-state index is 0.144. The number of thiazole rings is 1. The van der Waals surface area contributed by atoms with Gasteiger partial charge in [-0.25, -0.2) is 13.4 Å². The second-order valence-corrected chi connectivity index (χ2v) is 11.7. The van der Waals surface area contributed by atoms with Gasteiger partial charge in [-0.05, 0) is 61.6 Å². The Balaban J connectivity index is 1.17. The number of benzene rings is 2. The summed E-state index contributed by atoms with van der Waals surface area (Å²) >= 11 is 7.51. The standard InChI is InChI=1S/C22H24ClN3O3S2/c1-31(27,28)26-17-5-6-18(26)12-16(11-17)24-13-14-2-7-19(8-3-14)29-22-25-20-9-4-15(23)10-21(20)30-22/h2-4,7-10,16-18,24H,5-6,11-13H2,1H3/t16-,17+,18-. The number of halogens is 1. The van der Waals surface area contributed by atoms with Crippen LogP contribution in [0.1, 0.15) is 31.2 Å². The van der Waals surface area contributed by atoms with Gasteiger partial charge in [0.1, 0.15) is 5.75 Å². The average Bonchev–Trinajstić information content (AvgIpc) is 3.24. The van der Waals surface area contributed by atoms with Crippen LogP contribution in [0.25, 0.3) is 10.2 Å². The molecule has 5 rings (SSSR count). The predicted octanol–water partition coefficient (Wildman–Crippen LogP) is 4.79. The van der Waals surface area contributed by atoms with Gasteiger partial charge in [-0.3, -0.25) is 0 Å². The molecule has 31 heavy (non-hydrogen) atoms. The Kier molecular flexibility index (Phi) is 5.68. The maximum Gasteiger partial charge on any atom is 0.279 e. The van der Waals surface area contributed by atoms with E-state index in [1.54, 1.807) is 4.31 Å². The van der Waals surface area contributed by atoms with Crippen LogP contribution in [0.15, 0.2) is 42.5 Å². The maximum atomic E-state index is 12.0. The highest BCUT2D eigenvalue weighted by Gasteiger charge is 2.44. The molecule has 1 N–H and O–H groups in total. The zero-order chi connectivity index (χ0) is 21.6. The van der Waals surface area contributed by atoms with Crippen molar-refractivity contribution in [1.29, 1.82) is 0 Å². The summed E-state index contributed by atoms with van der Waals surface area (Å²) in [7, 11) is -3.11. The number of hydrogen-bond acceptors (Lipinski definition) is 6. The van der Waals surface area contributed by atoms with E-state index < -0.39 is 10.0 Å². The molecule has 164 valence electrons. The van der Waals surface area contributed by atoms with Gasteiger partial charge in [0.15, 0.2) is 0 Å². The molecule has 0 amide bonds. The summed E-state index contributed by atoms with van der Waals surface area (Å²) in [6.45, 7) is 0.753. The van der Waals surface area contributed by atoms with Crippen molar-refractivity contribution in [2.45, 2.75) is 50.4 Å². The first-order valence-corrected chi connectivity index (χ1v) is 13.4. The summed E-state index contributed by atoms with van der Waals surface area (Å²) in [5.74, 6) is 0.744. The van der Waals surface area contributed by atoms with Crippen molar-refractivity contribution in [3.05, 3.63) is 53.1 Å². The maximum absolute atomic E-state index is 12.0. The molecule has 0 spiro atoms. The topological polar surface area (TPSA) is 71.5 Å². The van der Waals surface area contributed by atoms with Crippen LogP contribution in [-0.2, 0) is 16.6 Å². The van der Waals surface area contributed by atoms with E-state index >= 15 is 0 Å². The van der Waals surface area contributed by atoms with Crippen molar-refractivity contribution in [2.75, 3.05) is 6.26 Å². The second-order valence-electron chi connectivity index (χ2n) is 8.36. The molecular weight excluding hydrogens is 454 g/mol. The summed E-state index contributed by atoms with van der Waals surface area (Å²) in [6, 6.07) is 14.2. The third kappa shape index (κ3) is 4.59. The van der Waals surface area contributed by atoms with Crippen LogP contribution >= 0.6 is 22.9 Å². The number of hydrogen-bond donors (Lipinski definition) is 1. The van der Waals surface area contributed by atoms with Gasteiger partial charge < -0.3 is 10.1 Å². The Labute approximate surface area is 191 Å². The third-order valence-corrected chi connectivity index (χ3v) is 8.60. The van der Waals surface area contributed by atoms with Crippen LogP contribution in [0.5, 0.6) is 10.9 Å². The van der Waals surface area contributed by atoms with Gasteiger partial charge in [0.25, 0.3) is 5.19 Å². The number of nitrogens with one attached hydrogen (secondary N) is 1. The lowest BCUT2D eigenvalue weighted by Gasteiger charge is -2.37. The number of fused-ring (bicyclic) bond motifs is 3. The van der Waals surface area contributed by atoms with Gasteiger partial charge >= 0.3 is 0 Å². The first-order chi connectivity index (χ1) is 14.8. The number of sulfonamides is 1. The van der Waals surface area contributed by atoms with Gasteiger partial charge in [0, 0.05) is 29.7 Å². The number of piperidine rings is 1. The summed E-state index contributed by atoms with van der Waals surface area (Å²) in [6.07, 6.45) is 5.04. The zero-order valence-electron chi connectivity index (χ0n) is 17.1. The van der Waals surface area contributed by atoms with Crippen molar-refractivity contribution >= 4 is 43.2 Å². The summed E-state index contributed by atoms with van der Waals surface area (Å²) in [4.78, 5) is 4.49. The van der Waals surface area contributed by atoms with E-state index in [2.05, 4.69) is 10.3 Å². The Bertz CT molecular complexity index is 1180. The minimum atomic E-state index is -3.11. The van der Waals surface area contributed by atoms with Gasteiger partial charge in [-0.15, -0.1) is 0 Å². The largest absolute Gasteiger partial charge is 0.431 e. The van der Waals surface area contributed by atoms with Crippen LogP contribution in [0.4, 0.5) is 0 Å². The minimum Gasteiger partial charge on any atom is -0.431 e. The lowest BCUT2D eigenvalue weighted by molar-refractivity contribution is 0.207. The van der Waals surface area contributed by atoms with E-state index in [0.29, 0.717) is 16.3 Å². The van der Waals surface area contributed by atoms with Crippen LogP contribution in [0.3, 0.4) is 0 Å². The highest BCUT2D eigenvalue weighted by molar-refractivity contribution is 7.88. The summed E-state index contributed by atoms with van der Waals surface area (Å²) < 4.78 is 32.7. The molecule has 2 aromatic carbocycles. The molecule has 2 aliphatic rings. The van der Waals surface area contributed by atoms with Gasteiger partial charge in [0.2, 0.25) is 10.0 Å². The van der Waals surface area contributed by atoms with Crippen LogP contribution in [0.2, 0.25) is 5.02 Å². The summed E-state index contributed by atoms with van der Waals surface area (Å²) in [5, 5.41) is 4.90. The van der Waals surface area contributed by atoms with Crippen LogP contribution < -0.4 is 10.1 Å². The van der Waals surface area contributed by atoms with Crippen molar-refractivity contribution in [3.8, 4) is 10.9 Å². The first-order valence-electron chi connectivity index (χ1n) is 10.4. The van der Waals surface area contributed by atoms with E-state index in [1.807, 2.05) is 42.5 Å². The Hall–Kier alpha value is -1.71. The third-order valence-electron chi connectivity index (χ3n) is 6.10. The number of aromatic nitrogens is 1. The fourth-order valence-electron chi connectivity index (χ4n) is 4.80. The molecule has 0 aliphatic carbocycles. The van der Waals surface area contributed by atoms with Crippen LogP contribution in [0, 0.1) is 0 Å². The number of rotatable bonds is 6. The highest BCUT2D eigenvalue weighted by atomic mass is 35.5. The lowest BCUT2D eigenvalue weighted by Crippen LogP contribution is -2.50. The quantitative estimate of drug-likeness (QED) is 0.552. The SMILES string of the molecule is CS(=O)(=O)N1[C@@H]2CC[C@H]1C[C@@H](NCc1ccc(Oc3nc4ccc(Cl)cc4s3)cc1)C2. The monoisotopic (exact) mass is 477 g/mol. The molecule has 2 aliphatic heterocycles. The molecule has 2 fully saturated rings. The Morgan fingerprint density at radius 2 is 1.87 bits per heavy atom. The van der Waals surface area contributed by atoms with Crippen LogP contribution in [-0.4, -0.2) is 42.1 Å². The predicted molar refractivity (Wildman–Crippen MR) is 125 cm³/mol. The molecule has 9 heteroatoms. The number of nitrogens with zero attached hydrogens (tertiary/aromatic N) is 2. The fraction of sp³-hybridized carbons (Fsp3) is 0.409. The average molecular weight is 478 g/mol. The second kappa shape index (κ2) is 8.33. The Morgan fingerprint density at radius 1 is 1.16 bits per heavy atom. The molecule has 0 saturated carbocycles. The number of ether oxygens (including phenoxy) is 1. The zero-order valence-corrected chi connectivity index (χ0v) is 19.5. The van der Waals surface area contributed by atoms with Crippen molar-refractivity contribution in [2.24, 2.45) is 0 Å².